The lowest BCUT2D eigenvalue weighted by Gasteiger charge is -2.30. The molecule has 0 aromatic heterocycles. The van der Waals surface area contributed by atoms with Gasteiger partial charge in [0.1, 0.15) is 0 Å². The topological polar surface area (TPSA) is 72.7 Å². The fourth-order valence-corrected chi connectivity index (χ4v) is 3.31. The summed E-state index contributed by atoms with van der Waals surface area (Å²) in [5, 5.41) is 11.2. The maximum Gasteiger partial charge on any atom is 0.311 e. The Balaban J connectivity index is 1.97. The largest absolute Gasteiger partial charge is 0.490 e. The van der Waals surface area contributed by atoms with Crippen molar-refractivity contribution < 1.29 is 14.5 Å². The molecule has 0 aliphatic carbocycles. The van der Waals surface area contributed by atoms with Crippen molar-refractivity contribution in [2.45, 2.75) is 32.6 Å². The SMILES string of the molecule is COc1ccc(C(=O)N2CCCc3cc(C(C)C)ccc32)cc1[N+](=O)[O-]. The van der Waals surface area contributed by atoms with Crippen LogP contribution in [0.3, 0.4) is 0 Å². The van der Waals surface area contributed by atoms with Crippen LogP contribution in [0, 0.1) is 10.1 Å². The molecule has 0 bridgehead atoms. The van der Waals surface area contributed by atoms with Crippen LogP contribution in [-0.4, -0.2) is 24.5 Å². The molecule has 0 fully saturated rings. The van der Waals surface area contributed by atoms with E-state index in [1.54, 1.807) is 11.0 Å². The van der Waals surface area contributed by atoms with Gasteiger partial charge in [-0.05, 0) is 48.1 Å². The number of carbonyl (C=O) groups is 1. The minimum absolute atomic E-state index is 0.146. The molecule has 2 aromatic rings. The number of nitro groups is 1. The number of hydrogen-bond donors (Lipinski definition) is 0. The number of amides is 1. The third-order valence-electron chi connectivity index (χ3n) is 4.76. The zero-order chi connectivity index (χ0) is 18.8. The highest BCUT2D eigenvalue weighted by atomic mass is 16.6. The quantitative estimate of drug-likeness (QED) is 0.605. The Morgan fingerprint density at radius 1 is 1.23 bits per heavy atom. The summed E-state index contributed by atoms with van der Waals surface area (Å²) < 4.78 is 5.01. The first kappa shape index (κ1) is 17.9. The Morgan fingerprint density at radius 3 is 2.65 bits per heavy atom. The molecule has 0 N–H and O–H groups in total. The summed E-state index contributed by atoms with van der Waals surface area (Å²) in [6, 6.07) is 10.5. The highest BCUT2D eigenvalue weighted by Crippen LogP contribution is 2.33. The van der Waals surface area contributed by atoms with E-state index >= 15 is 0 Å². The number of aryl methyl sites for hydroxylation is 1. The normalized spacial score (nSPS) is 13.5. The van der Waals surface area contributed by atoms with Gasteiger partial charge >= 0.3 is 5.69 Å². The molecule has 0 radical (unpaired) electrons. The number of benzene rings is 2. The van der Waals surface area contributed by atoms with Gasteiger partial charge in [0.05, 0.1) is 12.0 Å². The van der Waals surface area contributed by atoms with E-state index in [0.29, 0.717) is 18.0 Å². The van der Waals surface area contributed by atoms with Gasteiger partial charge < -0.3 is 9.64 Å². The second-order valence-corrected chi connectivity index (χ2v) is 6.75. The number of hydrogen-bond acceptors (Lipinski definition) is 4. The third kappa shape index (κ3) is 3.27. The first-order valence-corrected chi connectivity index (χ1v) is 8.69. The van der Waals surface area contributed by atoms with E-state index in [4.69, 9.17) is 4.74 Å². The van der Waals surface area contributed by atoms with Crippen molar-refractivity contribution in [1.82, 2.24) is 0 Å². The smallest absolute Gasteiger partial charge is 0.311 e. The zero-order valence-corrected chi connectivity index (χ0v) is 15.2. The molecule has 6 heteroatoms. The summed E-state index contributed by atoms with van der Waals surface area (Å²) in [5.74, 6) is 0.344. The molecule has 136 valence electrons. The Morgan fingerprint density at radius 2 is 2.00 bits per heavy atom. The number of anilines is 1. The predicted octanol–water partition coefficient (Wildman–Crippen LogP) is 4.32. The van der Waals surface area contributed by atoms with Gasteiger partial charge in [0.25, 0.3) is 5.91 Å². The number of fused-ring (bicyclic) bond motifs is 1. The molecule has 0 unspecified atom stereocenters. The Hall–Kier alpha value is -2.89. The van der Waals surface area contributed by atoms with Crippen LogP contribution in [0.4, 0.5) is 11.4 Å². The van der Waals surface area contributed by atoms with Gasteiger partial charge in [0, 0.05) is 23.9 Å². The Kier molecular flexibility index (Phi) is 4.93. The van der Waals surface area contributed by atoms with Crippen LogP contribution in [0.15, 0.2) is 36.4 Å². The van der Waals surface area contributed by atoms with Crippen LogP contribution in [-0.2, 0) is 6.42 Å². The number of carbonyl (C=O) groups excluding carboxylic acids is 1. The highest BCUT2D eigenvalue weighted by Gasteiger charge is 2.26. The average Bonchev–Trinajstić information content (AvgIpc) is 2.65. The Labute approximate surface area is 152 Å². The van der Waals surface area contributed by atoms with E-state index < -0.39 is 4.92 Å². The second kappa shape index (κ2) is 7.15. The minimum atomic E-state index is -0.533. The molecule has 0 saturated carbocycles. The van der Waals surface area contributed by atoms with Gasteiger partial charge in [0.15, 0.2) is 5.75 Å². The highest BCUT2D eigenvalue weighted by molar-refractivity contribution is 6.07. The lowest BCUT2D eigenvalue weighted by atomic mass is 9.94. The average molecular weight is 354 g/mol. The van der Waals surface area contributed by atoms with Crippen molar-refractivity contribution in [1.29, 1.82) is 0 Å². The minimum Gasteiger partial charge on any atom is -0.490 e. The molecule has 3 rings (SSSR count). The van der Waals surface area contributed by atoms with Gasteiger partial charge in [-0.2, -0.15) is 0 Å². The molecule has 1 aliphatic heterocycles. The Bertz CT molecular complexity index is 861. The number of methoxy groups -OCH3 is 1. The van der Waals surface area contributed by atoms with Crippen molar-refractivity contribution in [2.24, 2.45) is 0 Å². The first-order valence-electron chi connectivity index (χ1n) is 8.69. The summed E-state index contributed by atoms with van der Waals surface area (Å²) >= 11 is 0. The summed E-state index contributed by atoms with van der Waals surface area (Å²) in [6.45, 7) is 4.89. The number of rotatable bonds is 4. The van der Waals surface area contributed by atoms with E-state index in [-0.39, 0.29) is 17.3 Å². The van der Waals surface area contributed by atoms with Gasteiger partial charge in [0.2, 0.25) is 0 Å². The van der Waals surface area contributed by atoms with Crippen molar-refractivity contribution >= 4 is 17.3 Å². The molecule has 0 saturated heterocycles. The van der Waals surface area contributed by atoms with Crippen LogP contribution in [0.2, 0.25) is 0 Å². The van der Waals surface area contributed by atoms with Crippen LogP contribution in [0.5, 0.6) is 5.75 Å². The van der Waals surface area contributed by atoms with Gasteiger partial charge in [-0.1, -0.05) is 26.0 Å². The van der Waals surface area contributed by atoms with Crippen molar-refractivity contribution in [3.8, 4) is 5.75 Å². The van der Waals surface area contributed by atoms with Crippen LogP contribution in [0.25, 0.3) is 0 Å². The summed E-state index contributed by atoms with van der Waals surface area (Å²) in [6.07, 6.45) is 1.81. The molecule has 1 heterocycles. The number of nitro benzene ring substituents is 1. The molecular weight excluding hydrogens is 332 g/mol. The van der Waals surface area contributed by atoms with Gasteiger partial charge in [-0.3, -0.25) is 14.9 Å². The molecule has 0 atom stereocenters. The fourth-order valence-electron chi connectivity index (χ4n) is 3.31. The monoisotopic (exact) mass is 354 g/mol. The number of nitrogens with zero attached hydrogens (tertiary/aromatic N) is 2. The van der Waals surface area contributed by atoms with Crippen molar-refractivity contribution in [2.75, 3.05) is 18.6 Å². The molecule has 1 amide bonds. The second-order valence-electron chi connectivity index (χ2n) is 6.75. The maximum atomic E-state index is 13.0. The first-order chi connectivity index (χ1) is 12.4. The molecule has 0 spiro atoms. The lowest BCUT2D eigenvalue weighted by Crippen LogP contribution is -2.35. The summed E-state index contributed by atoms with van der Waals surface area (Å²) in [7, 11) is 1.37. The van der Waals surface area contributed by atoms with Gasteiger partial charge in [-0.25, -0.2) is 0 Å². The molecule has 1 aliphatic rings. The fraction of sp³-hybridized carbons (Fsp3) is 0.350. The van der Waals surface area contributed by atoms with Gasteiger partial charge in [-0.15, -0.1) is 0 Å². The van der Waals surface area contributed by atoms with Crippen molar-refractivity contribution in [3.05, 3.63) is 63.2 Å². The third-order valence-corrected chi connectivity index (χ3v) is 4.76. The van der Waals surface area contributed by atoms with E-state index in [1.165, 1.54) is 24.8 Å². The standard InChI is InChI=1S/C20H22N2O4/c1-13(2)14-6-8-17-15(11-14)5-4-10-21(17)20(23)16-7-9-19(26-3)18(12-16)22(24)25/h6-9,11-13H,4-5,10H2,1-3H3. The summed E-state index contributed by atoms with van der Waals surface area (Å²) in [5.41, 5.74) is 3.38. The van der Waals surface area contributed by atoms with E-state index in [9.17, 15) is 14.9 Å². The van der Waals surface area contributed by atoms with Crippen molar-refractivity contribution in [3.63, 3.8) is 0 Å². The van der Waals surface area contributed by atoms with E-state index in [1.807, 2.05) is 12.1 Å². The van der Waals surface area contributed by atoms with Crippen LogP contribution >= 0.6 is 0 Å². The zero-order valence-electron chi connectivity index (χ0n) is 15.2. The molecule has 26 heavy (non-hydrogen) atoms. The molecule has 2 aromatic carbocycles. The predicted molar refractivity (Wildman–Crippen MR) is 100 cm³/mol. The maximum absolute atomic E-state index is 13.0. The molecular formula is C20H22N2O4. The lowest BCUT2D eigenvalue weighted by molar-refractivity contribution is -0.385. The molecule has 6 nitrogen and oxygen atoms in total. The number of ether oxygens (including phenoxy) is 1. The van der Waals surface area contributed by atoms with Crippen LogP contribution in [0.1, 0.15) is 47.7 Å². The van der Waals surface area contributed by atoms with E-state index in [2.05, 4.69) is 19.9 Å². The van der Waals surface area contributed by atoms with E-state index in [0.717, 1.165) is 24.1 Å². The van der Waals surface area contributed by atoms with Crippen LogP contribution < -0.4 is 9.64 Å². The summed E-state index contributed by atoms with van der Waals surface area (Å²) in [4.78, 5) is 25.4.